The maximum absolute atomic E-state index is 11.5. The Balaban J connectivity index is 1.63. The smallest absolute Gasteiger partial charge is 0.306 e. The Kier molecular flexibility index (Phi) is 1.97. The van der Waals surface area contributed by atoms with Crippen molar-refractivity contribution in [2.45, 2.75) is 62.6 Å². The van der Waals surface area contributed by atoms with Crippen LogP contribution in [0.1, 0.15) is 51.4 Å². The first kappa shape index (κ1) is 10.8. The summed E-state index contributed by atoms with van der Waals surface area (Å²) in [7, 11) is 0. The average molecular weight is 250 g/mol. The van der Waals surface area contributed by atoms with Crippen molar-refractivity contribution in [2.75, 3.05) is 0 Å². The van der Waals surface area contributed by atoms with E-state index < -0.39 is 0 Å². The zero-order valence-electron chi connectivity index (χ0n) is 10.4. The first-order valence-electron chi connectivity index (χ1n) is 7.07. The summed E-state index contributed by atoms with van der Waals surface area (Å²) in [6.07, 6.45) is 6.90. The van der Waals surface area contributed by atoms with E-state index in [9.17, 15) is 9.59 Å². The predicted octanol–water partition coefficient (Wildman–Crippen LogP) is 1.96. The molecule has 0 aromatic heterocycles. The molecule has 4 rings (SSSR count). The molecule has 0 amide bonds. The molecule has 2 unspecified atom stereocenters. The molecule has 4 nitrogen and oxygen atoms in total. The second kappa shape index (κ2) is 3.28. The van der Waals surface area contributed by atoms with Crippen molar-refractivity contribution < 1.29 is 19.1 Å². The molecular weight excluding hydrogens is 232 g/mol. The number of fused-ring (bicyclic) bond motifs is 3. The summed E-state index contributed by atoms with van der Waals surface area (Å²) < 4.78 is 11.3. The number of ether oxygens (including phenoxy) is 2. The molecule has 0 radical (unpaired) electrons. The standard InChI is InChI=1S/C14H18O4/c15-11-3-7-13(17-11)5-1-9-10(13)2-6-14(9)8-4-12(16)18-14/h9-10H,1-8H2/t9-,10-,13?,14?/m0/s1. The summed E-state index contributed by atoms with van der Waals surface area (Å²) in [5.74, 6) is 0.768. The summed E-state index contributed by atoms with van der Waals surface area (Å²) in [5.41, 5.74) is -0.416. The largest absolute Gasteiger partial charge is 0.459 e. The van der Waals surface area contributed by atoms with E-state index in [1.54, 1.807) is 0 Å². The Morgan fingerprint density at radius 2 is 1.22 bits per heavy atom. The van der Waals surface area contributed by atoms with Gasteiger partial charge in [0.25, 0.3) is 0 Å². The highest BCUT2D eigenvalue weighted by Crippen LogP contribution is 2.62. The Hall–Kier alpha value is -1.06. The van der Waals surface area contributed by atoms with E-state index in [1.807, 2.05) is 0 Å². The van der Waals surface area contributed by atoms with Gasteiger partial charge in [-0.25, -0.2) is 0 Å². The van der Waals surface area contributed by atoms with Crippen LogP contribution in [0.5, 0.6) is 0 Å². The Bertz CT molecular complexity index is 392. The predicted molar refractivity (Wildman–Crippen MR) is 61.6 cm³/mol. The number of hydrogen-bond acceptors (Lipinski definition) is 4. The van der Waals surface area contributed by atoms with Crippen molar-refractivity contribution in [1.29, 1.82) is 0 Å². The van der Waals surface area contributed by atoms with Gasteiger partial charge < -0.3 is 9.47 Å². The van der Waals surface area contributed by atoms with Crippen LogP contribution in [0, 0.1) is 11.8 Å². The topological polar surface area (TPSA) is 52.6 Å². The van der Waals surface area contributed by atoms with Crippen molar-refractivity contribution in [3.63, 3.8) is 0 Å². The zero-order chi connectivity index (χ0) is 12.4. The van der Waals surface area contributed by atoms with Crippen LogP contribution in [0.15, 0.2) is 0 Å². The fourth-order valence-corrected chi connectivity index (χ4v) is 4.99. The Morgan fingerprint density at radius 1 is 0.778 bits per heavy atom. The van der Waals surface area contributed by atoms with E-state index in [0.29, 0.717) is 24.7 Å². The van der Waals surface area contributed by atoms with Gasteiger partial charge in [-0.1, -0.05) is 0 Å². The molecule has 0 N–H and O–H groups in total. The van der Waals surface area contributed by atoms with Gasteiger partial charge in [0.05, 0.1) is 0 Å². The van der Waals surface area contributed by atoms with Gasteiger partial charge in [0.15, 0.2) is 0 Å². The van der Waals surface area contributed by atoms with Crippen LogP contribution in [0.3, 0.4) is 0 Å². The number of carbonyl (C=O) groups is 2. The van der Waals surface area contributed by atoms with Crippen LogP contribution in [0.25, 0.3) is 0 Å². The molecule has 2 spiro atoms. The molecule has 0 bridgehead atoms. The average Bonchev–Trinajstić information content (AvgIpc) is 3.04. The van der Waals surface area contributed by atoms with Crippen molar-refractivity contribution in [2.24, 2.45) is 11.8 Å². The van der Waals surface area contributed by atoms with Gasteiger partial charge in [-0.2, -0.15) is 0 Å². The number of rotatable bonds is 0. The highest BCUT2D eigenvalue weighted by Gasteiger charge is 2.65. The van der Waals surface area contributed by atoms with Gasteiger partial charge in [-0.05, 0) is 38.5 Å². The molecule has 0 aromatic rings. The quantitative estimate of drug-likeness (QED) is 0.617. The third-order valence-corrected chi connectivity index (χ3v) is 5.73. The highest BCUT2D eigenvalue weighted by atomic mass is 16.6. The molecule has 2 aliphatic heterocycles. The van der Waals surface area contributed by atoms with E-state index in [1.165, 1.54) is 0 Å². The minimum absolute atomic E-state index is 0.0417. The van der Waals surface area contributed by atoms with Gasteiger partial charge in [0, 0.05) is 24.7 Å². The van der Waals surface area contributed by atoms with Crippen LogP contribution < -0.4 is 0 Å². The minimum atomic E-state index is -0.208. The number of hydrogen-bond donors (Lipinski definition) is 0. The maximum atomic E-state index is 11.5. The zero-order valence-corrected chi connectivity index (χ0v) is 10.4. The summed E-state index contributed by atoms with van der Waals surface area (Å²) in [4.78, 5) is 22.9. The van der Waals surface area contributed by atoms with Gasteiger partial charge >= 0.3 is 11.9 Å². The molecule has 2 aliphatic carbocycles. The maximum Gasteiger partial charge on any atom is 0.306 e. The third-order valence-electron chi connectivity index (χ3n) is 5.73. The van der Waals surface area contributed by atoms with E-state index in [2.05, 4.69) is 0 Å². The third kappa shape index (κ3) is 1.21. The molecule has 4 heteroatoms. The van der Waals surface area contributed by atoms with E-state index in [-0.39, 0.29) is 23.1 Å². The molecule has 4 fully saturated rings. The van der Waals surface area contributed by atoms with Gasteiger partial charge in [0.2, 0.25) is 0 Å². The summed E-state index contributed by atoms with van der Waals surface area (Å²) in [6.45, 7) is 0. The first-order chi connectivity index (χ1) is 8.64. The van der Waals surface area contributed by atoms with Gasteiger partial charge in [-0.15, -0.1) is 0 Å². The lowest BCUT2D eigenvalue weighted by Crippen LogP contribution is -2.37. The van der Waals surface area contributed by atoms with E-state index in [0.717, 1.165) is 38.5 Å². The normalized spacial score (nSPS) is 50.0. The molecule has 4 aliphatic rings. The van der Waals surface area contributed by atoms with E-state index >= 15 is 0 Å². The summed E-state index contributed by atoms with van der Waals surface area (Å²) in [6, 6.07) is 0. The molecule has 0 aromatic carbocycles. The van der Waals surface area contributed by atoms with Gasteiger partial charge in [0.1, 0.15) is 11.2 Å². The molecule has 98 valence electrons. The molecule has 18 heavy (non-hydrogen) atoms. The Labute approximate surface area is 106 Å². The fraction of sp³-hybridized carbons (Fsp3) is 0.857. The number of carbonyl (C=O) groups excluding carboxylic acids is 2. The minimum Gasteiger partial charge on any atom is -0.459 e. The fourth-order valence-electron chi connectivity index (χ4n) is 4.99. The highest BCUT2D eigenvalue weighted by molar-refractivity contribution is 5.73. The van der Waals surface area contributed by atoms with Crippen LogP contribution in [-0.2, 0) is 19.1 Å². The van der Waals surface area contributed by atoms with Crippen molar-refractivity contribution in [1.82, 2.24) is 0 Å². The molecule has 2 heterocycles. The summed E-state index contributed by atoms with van der Waals surface area (Å²) in [5, 5.41) is 0. The lowest BCUT2D eigenvalue weighted by molar-refractivity contribution is -0.155. The van der Waals surface area contributed by atoms with Crippen molar-refractivity contribution in [3.8, 4) is 0 Å². The second-order valence-electron chi connectivity index (χ2n) is 6.37. The Morgan fingerprint density at radius 3 is 1.56 bits per heavy atom. The second-order valence-corrected chi connectivity index (χ2v) is 6.37. The van der Waals surface area contributed by atoms with Crippen LogP contribution >= 0.6 is 0 Å². The van der Waals surface area contributed by atoms with Crippen LogP contribution in [-0.4, -0.2) is 23.1 Å². The van der Waals surface area contributed by atoms with Crippen LogP contribution in [0.2, 0.25) is 0 Å². The van der Waals surface area contributed by atoms with E-state index in [4.69, 9.17) is 9.47 Å². The molecule has 2 saturated heterocycles. The van der Waals surface area contributed by atoms with Crippen molar-refractivity contribution in [3.05, 3.63) is 0 Å². The monoisotopic (exact) mass is 250 g/mol. The number of esters is 2. The SMILES string of the molecule is O=C1CCC2(CC[C@H]3[C@@H]2CCC32CCC(=O)O2)O1. The molecule has 4 atom stereocenters. The summed E-state index contributed by atoms with van der Waals surface area (Å²) >= 11 is 0. The molecular formula is C14H18O4. The lowest BCUT2D eigenvalue weighted by Gasteiger charge is -2.31. The van der Waals surface area contributed by atoms with Gasteiger partial charge in [-0.3, -0.25) is 9.59 Å². The first-order valence-corrected chi connectivity index (χ1v) is 7.07. The molecule has 2 saturated carbocycles. The lowest BCUT2D eigenvalue weighted by atomic mass is 9.82. The van der Waals surface area contributed by atoms with Crippen molar-refractivity contribution >= 4 is 11.9 Å². The van der Waals surface area contributed by atoms with Crippen LogP contribution in [0.4, 0.5) is 0 Å².